The minimum absolute atomic E-state index is 0.0727. The summed E-state index contributed by atoms with van der Waals surface area (Å²) in [6.45, 7) is 0.587. The van der Waals surface area contributed by atoms with E-state index in [0.717, 1.165) is 11.1 Å². The van der Waals surface area contributed by atoms with Crippen LogP contribution in [0.2, 0.25) is 0 Å². The van der Waals surface area contributed by atoms with E-state index in [1.165, 1.54) is 0 Å². The molecule has 2 rings (SSSR count). The van der Waals surface area contributed by atoms with E-state index in [1.54, 1.807) is 12.0 Å². The number of carbonyl (C=O) groups excluding carboxylic acids is 1. The van der Waals surface area contributed by atoms with E-state index in [2.05, 4.69) is 0 Å². The number of carbonyl (C=O) groups is 2. The Morgan fingerprint density at radius 1 is 1.04 bits per heavy atom. The lowest BCUT2D eigenvalue weighted by molar-refractivity contribution is -0.138. The van der Waals surface area contributed by atoms with Crippen LogP contribution in [0.3, 0.4) is 0 Å². The molecular formula is C19H21NO4. The van der Waals surface area contributed by atoms with Crippen molar-refractivity contribution in [3.05, 3.63) is 65.7 Å². The summed E-state index contributed by atoms with van der Waals surface area (Å²) in [4.78, 5) is 25.1. The van der Waals surface area contributed by atoms with Crippen molar-refractivity contribution in [1.82, 2.24) is 4.90 Å². The molecule has 0 spiro atoms. The molecule has 126 valence electrons. The van der Waals surface area contributed by atoms with Gasteiger partial charge in [0.05, 0.1) is 20.0 Å². The quantitative estimate of drug-likeness (QED) is 0.809. The molecule has 0 unspecified atom stereocenters. The van der Waals surface area contributed by atoms with Gasteiger partial charge < -0.3 is 14.7 Å². The lowest BCUT2D eigenvalue weighted by Gasteiger charge is -2.22. The third kappa shape index (κ3) is 5.43. The predicted molar refractivity (Wildman–Crippen MR) is 90.8 cm³/mol. The Morgan fingerprint density at radius 2 is 1.75 bits per heavy atom. The fourth-order valence-electron chi connectivity index (χ4n) is 2.40. The molecule has 0 aliphatic rings. The zero-order valence-corrected chi connectivity index (χ0v) is 13.6. The van der Waals surface area contributed by atoms with Crippen LogP contribution in [0, 0.1) is 0 Å². The first-order valence-corrected chi connectivity index (χ1v) is 7.75. The molecular weight excluding hydrogens is 306 g/mol. The van der Waals surface area contributed by atoms with Crippen molar-refractivity contribution in [2.24, 2.45) is 0 Å². The molecule has 2 aromatic carbocycles. The van der Waals surface area contributed by atoms with E-state index < -0.39 is 5.97 Å². The van der Waals surface area contributed by atoms with E-state index in [4.69, 9.17) is 9.84 Å². The average molecular weight is 327 g/mol. The molecule has 5 nitrogen and oxygen atoms in total. The van der Waals surface area contributed by atoms with Gasteiger partial charge in [0, 0.05) is 13.1 Å². The second kappa shape index (κ2) is 8.72. The fraction of sp³-hybridized carbons (Fsp3) is 0.263. The van der Waals surface area contributed by atoms with Gasteiger partial charge >= 0.3 is 5.97 Å². The van der Waals surface area contributed by atoms with Crippen molar-refractivity contribution in [2.75, 3.05) is 13.7 Å². The summed E-state index contributed by atoms with van der Waals surface area (Å²) >= 11 is 0. The zero-order chi connectivity index (χ0) is 17.4. The van der Waals surface area contributed by atoms with Crippen LogP contribution in [0.15, 0.2) is 54.6 Å². The highest BCUT2D eigenvalue weighted by Crippen LogP contribution is 2.15. The number of rotatable bonds is 8. The molecule has 0 aliphatic heterocycles. The molecule has 0 radical (unpaired) electrons. The number of aliphatic carboxylic acids is 1. The monoisotopic (exact) mass is 327 g/mol. The number of methoxy groups -OCH3 is 1. The molecule has 0 aromatic heterocycles. The molecule has 0 atom stereocenters. The summed E-state index contributed by atoms with van der Waals surface area (Å²) in [6, 6.07) is 16.9. The molecule has 0 bridgehead atoms. The smallest absolute Gasteiger partial charge is 0.305 e. The first-order valence-electron chi connectivity index (χ1n) is 7.75. The van der Waals surface area contributed by atoms with Crippen LogP contribution in [0.4, 0.5) is 0 Å². The Labute approximate surface area is 141 Å². The van der Waals surface area contributed by atoms with Crippen molar-refractivity contribution in [1.29, 1.82) is 0 Å². The Bertz CT molecular complexity index is 685. The zero-order valence-electron chi connectivity index (χ0n) is 13.6. The van der Waals surface area contributed by atoms with Gasteiger partial charge in [0.25, 0.3) is 0 Å². The number of benzene rings is 2. The number of amides is 1. The van der Waals surface area contributed by atoms with Crippen molar-refractivity contribution >= 4 is 11.9 Å². The van der Waals surface area contributed by atoms with E-state index in [0.29, 0.717) is 12.3 Å². The van der Waals surface area contributed by atoms with Crippen LogP contribution in [-0.4, -0.2) is 35.5 Å². The van der Waals surface area contributed by atoms with Crippen LogP contribution >= 0.6 is 0 Å². The van der Waals surface area contributed by atoms with Gasteiger partial charge in [-0.15, -0.1) is 0 Å². The van der Waals surface area contributed by atoms with Gasteiger partial charge in [-0.05, 0) is 23.3 Å². The lowest BCUT2D eigenvalue weighted by atomic mass is 10.1. The van der Waals surface area contributed by atoms with Crippen molar-refractivity contribution in [3.8, 4) is 5.75 Å². The standard InChI is InChI=1S/C19H21NO4/c1-24-17-9-5-8-16(12-17)13-18(21)20(11-10-19(22)23)14-15-6-3-2-4-7-15/h2-9,12H,10-11,13-14H2,1H3,(H,22,23). The van der Waals surface area contributed by atoms with Crippen molar-refractivity contribution in [3.63, 3.8) is 0 Å². The van der Waals surface area contributed by atoms with E-state index in [1.807, 2.05) is 54.6 Å². The number of nitrogens with zero attached hydrogens (tertiary/aromatic N) is 1. The number of carboxylic acids is 1. The average Bonchev–Trinajstić information content (AvgIpc) is 2.59. The summed E-state index contributed by atoms with van der Waals surface area (Å²) in [5.41, 5.74) is 1.81. The fourth-order valence-corrected chi connectivity index (χ4v) is 2.40. The maximum absolute atomic E-state index is 12.6. The molecule has 2 aromatic rings. The van der Waals surface area contributed by atoms with Crippen LogP contribution in [0.25, 0.3) is 0 Å². The van der Waals surface area contributed by atoms with Crippen LogP contribution in [-0.2, 0) is 22.6 Å². The summed E-state index contributed by atoms with van der Waals surface area (Å²) < 4.78 is 5.17. The third-order valence-corrected chi connectivity index (χ3v) is 3.65. The van der Waals surface area contributed by atoms with E-state index in [9.17, 15) is 9.59 Å². The first-order chi connectivity index (χ1) is 11.6. The van der Waals surface area contributed by atoms with Gasteiger partial charge in [-0.3, -0.25) is 9.59 Å². The molecule has 0 saturated heterocycles. The molecule has 0 heterocycles. The Morgan fingerprint density at radius 3 is 2.42 bits per heavy atom. The minimum Gasteiger partial charge on any atom is -0.497 e. The highest BCUT2D eigenvalue weighted by Gasteiger charge is 2.16. The largest absolute Gasteiger partial charge is 0.497 e. The molecule has 0 aliphatic carbocycles. The molecule has 0 saturated carbocycles. The molecule has 1 amide bonds. The second-order valence-corrected chi connectivity index (χ2v) is 5.47. The molecule has 24 heavy (non-hydrogen) atoms. The van der Waals surface area contributed by atoms with Crippen molar-refractivity contribution in [2.45, 2.75) is 19.4 Å². The van der Waals surface area contributed by atoms with Gasteiger partial charge in [-0.2, -0.15) is 0 Å². The Balaban J connectivity index is 2.09. The number of hydrogen-bond acceptors (Lipinski definition) is 3. The van der Waals surface area contributed by atoms with Crippen LogP contribution in [0.1, 0.15) is 17.5 Å². The summed E-state index contributed by atoms with van der Waals surface area (Å²) in [5.74, 6) is -0.323. The van der Waals surface area contributed by atoms with Gasteiger partial charge in [0.2, 0.25) is 5.91 Å². The topological polar surface area (TPSA) is 66.8 Å². The van der Waals surface area contributed by atoms with Crippen LogP contribution in [0.5, 0.6) is 5.75 Å². The SMILES string of the molecule is COc1cccc(CC(=O)N(CCC(=O)O)Cc2ccccc2)c1. The van der Waals surface area contributed by atoms with E-state index in [-0.39, 0.29) is 25.3 Å². The third-order valence-electron chi connectivity index (χ3n) is 3.65. The van der Waals surface area contributed by atoms with Crippen molar-refractivity contribution < 1.29 is 19.4 Å². The first kappa shape index (κ1) is 17.5. The predicted octanol–water partition coefficient (Wildman–Crippen LogP) is 2.74. The minimum atomic E-state index is -0.915. The Hall–Kier alpha value is -2.82. The maximum atomic E-state index is 12.6. The Kier molecular flexibility index (Phi) is 6.37. The number of carboxylic acid groups (broad SMARTS) is 1. The lowest BCUT2D eigenvalue weighted by Crippen LogP contribution is -2.33. The highest BCUT2D eigenvalue weighted by atomic mass is 16.5. The maximum Gasteiger partial charge on any atom is 0.305 e. The summed E-state index contributed by atoms with van der Waals surface area (Å²) in [6.07, 6.45) is 0.139. The summed E-state index contributed by atoms with van der Waals surface area (Å²) in [5, 5.41) is 8.91. The van der Waals surface area contributed by atoms with Gasteiger partial charge in [-0.1, -0.05) is 42.5 Å². The number of ether oxygens (including phenoxy) is 1. The summed E-state index contributed by atoms with van der Waals surface area (Å²) in [7, 11) is 1.58. The van der Waals surface area contributed by atoms with Gasteiger partial charge in [0.1, 0.15) is 5.75 Å². The van der Waals surface area contributed by atoms with Crippen LogP contribution < -0.4 is 4.74 Å². The number of hydrogen-bond donors (Lipinski definition) is 1. The van der Waals surface area contributed by atoms with Gasteiger partial charge in [0.15, 0.2) is 0 Å². The normalized spacial score (nSPS) is 10.2. The highest BCUT2D eigenvalue weighted by molar-refractivity contribution is 5.79. The van der Waals surface area contributed by atoms with Gasteiger partial charge in [-0.25, -0.2) is 0 Å². The van der Waals surface area contributed by atoms with E-state index >= 15 is 0 Å². The molecule has 1 N–H and O–H groups in total. The second-order valence-electron chi connectivity index (χ2n) is 5.47. The molecule has 0 fully saturated rings. The molecule has 5 heteroatoms.